The molecule has 0 radical (unpaired) electrons. The first-order valence-electron chi connectivity index (χ1n) is 6.70. The Bertz CT molecular complexity index is 451. The largest absolute Gasteiger partial charge is 0.496 e. The minimum Gasteiger partial charge on any atom is -0.496 e. The van der Waals surface area contributed by atoms with Crippen molar-refractivity contribution in [2.75, 3.05) is 26.8 Å². The number of ether oxygens (including phenoxy) is 1. The maximum Gasteiger partial charge on any atom is 0.257 e. The van der Waals surface area contributed by atoms with Crippen molar-refractivity contribution in [2.45, 2.75) is 19.8 Å². The second kappa shape index (κ2) is 6.06. The lowest BCUT2D eigenvalue weighted by Crippen LogP contribution is -2.39. The molecule has 0 saturated carbocycles. The molecular formula is C15H21NO3. The predicted octanol–water partition coefficient (Wildman–Crippen LogP) is 1.85. The lowest BCUT2D eigenvalue weighted by Gasteiger charge is -2.31. The van der Waals surface area contributed by atoms with E-state index in [1.54, 1.807) is 7.11 Å². The van der Waals surface area contributed by atoms with Gasteiger partial charge < -0.3 is 14.7 Å². The Morgan fingerprint density at radius 2 is 2.11 bits per heavy atom. The number of aryl methyl sites for hydroxylation is 1. The van der Waals surface area contributed by atoms with Crippen molar-refractivity contribution in [3.63, 3.8) is 0 Å². The zero-order chi connectivity index (χ0) is 13.8. The molecule has 1 aromatic rings. The third-order valence-electron chi connectivity index (χ3n) is 3.75. The Kier molecular flexibility index (Phi) is 4.43. The molecule has 1 aliphatic rings. The molecule has 1 N–H and O–H groups in total. The zero-order valence-corrected chi connectivity index (χ0v) is 11.6. The quantitative estimate of drug-likeness (QED) is 0.905. The van der Waals surface area contributed by atoms with Crippen LogP contribution < -0.4 is 4.74 Å². The number of hydrogen-bond acceptors (Lipinski definition) is 3. The minimum atomic E-state index is 0.0249. The van der Waals surface area contributed by atoms with Gasteiger partial charge in [-0.2, -0.15) is 0 Å². The highest BCUT2D eigenvalue weighted by Gasteiger charge is 2.25. The van der Waals surface area contributed by atoms with Crippen molar-refractivity contribution in [1.29, 1.82) is 0 Å². The lowest BCUT2D eigenvalue weighted by atomic mass is 9.97. The molecule has 1 amide bonds. The van der Waals surface area contributed by atoms with Crippen LogP contribution in [0.5, 0.6) is 5.75 Å². The summed E-state index contributed by atoms with van der Waals surface area (Å²) in [5.41, 5.74) is 1.68. The molecule has 1 heterocycles. The fourth-order valence-electron chi connectivity index (χ4n) is 2.48. The summed E-state index contributed by atoms with van der Waals surface area (Å²) in [6.45, 7) is 3.60. The molecule has 1 aliphatic heterocycles. The molecule has 0 aliphatic carbocycles. The van der Waals surface area contributed by atoms with Crippen LogP contribution in [0.3, 0.4) is 0 Å². The Balaban J connectivity index is 2.14. The summed E-state index contributed by atoms with van der Waals surface area (Å²) in [5.74, 6) is 0.986. The Hall–Kier alpha value is -1.55. The molecule has 1 fully saturated rings. The highest BCUT2D eigenvalue weighted by Crippen LogP contribution is 2.24. The van der Waals surface area contributed by atoms with E-state index >= 15 is 0 Å². The number of carbonyl (C=O) groups is 1. The number of hydrogen-bond donors (Lipinski definition) is 1. The molecule has 0 bridgehead atoms. The Morgan fingerprint density at radius 1 is 1.42 bits per heavy atom. The highest BCUT2D eigenvalue weighted by atomic mass is 16.5. The topological polar surface area (TPSA) is 49.8 Å². The maximum atomic E-state index is 12.5. The highest BCUT2D eigenvalue weighted by molar-refractivity contribution is 5.97. The van der Waals surface area contributed by atoms with Crippen LogP contribution in [0.1, 0.15) is 28.8 Å². The van der Waals surface area contributed by atoms with Crippen molar-refractivity contribution in [1.82, 2.24) is 4.90 Å². The van der Waals surface area contributed by atoms with E-state index < -0.39 is 0 Å². The van der Waals surface area contributed by atoms with Gasteiger partial charge in [-0.05, 0) is 37.8 Å². The van der Waals surface area contributed by atoms with Crippen molar-refractivity contribution in [3.05, 3.63) is 29.3 Å². The van der Waals surface area contributed by atoms with Gasteiger partial charge in [0.1, 0.15) is 5.75 Å². The normalized spacial score (nSPS) is 16.5. The van der Waals surface area contributed by atoms with Gasteiger partial charge in [-0.15, -0.1) is 0 Å². The summed E-state index contributed by atoms with van der Waals surface area (Å²) < 4.78 is 5.27. The van der Waals surface area contributed by atoms with Gasteiger partial charge in [-0.3, -0.25) is 4.79 Å². The molecule has 19 heavy (non-hydrogen) atoms. The van der Waals surface area contributed by atoms with E-state index in [4.69, 9.17) is 9.84 Å². The van der Waals surface area contributed by atoms with Gasteiger partial charge in [0.2, 0.25) is 0 Å². The van der Waals surface area contributed by atoms with Crippen molar-refractivity contribution < 1.29 is 14.6 Å². The van der Waals surface area contributed by atoms with Crippen molar-refractivity contribution in [2.24, 2.45) is 5.92 Å². The second-order valence-electron chi connectivity index (χ2n) is 5.12. The van der Waals surface area contributed by atoms with Crippen LogP contribution in [0.15, 0.2) is 18.2 Å². The smallest absolute Gasteiger partial charge is 0.257 e. The monoisotopic (exact) mass is 263 g/mol. The Morgan fingerprint density at radius 3 is 2.68 bits per heavy atom. The van der Waals surface area contributed by atoms with Crippen molar-refractivity contribution in [3.8, 4) is 5.75 Å². The van der Waals surface area contributed by atoms with Crippen LogP contribution in [-0.2, 0) is 0 Å². The van der Waals surface area contributed by atoms with Crippen LogP contribution in [0.2, 0.25) is 0 Å². The van der Waals surface area contributed by atoms with Gasteiger partial charge in [0, 0.05) is 19.7 Å². The summed E-state index contributed by atoms with van der Waals surface area (Å²) in [6.07, 6.45) is 1.74. The van der Waals surface area contributed by atoms with E-state index in [0.29, 0.717) is 30.3 Å². The van der Waals surface area contributed by atoms with Crippen LogP contribution >= 0.6 is 0 Å². The van der Waals surface area contributed by atoms with Gasteiger partial charge >= 0.3 is 0 Å². The van der Waals surface area contributed by atoms with Crippen LogP contribution in [-0.4, -0.2) is 42.7 Å². The van der Waals surface area contributed by atoms with Gasteiger partial charge in [0.05, 0.1) is 12.7 Å². The average Bonchev–Trinajstić information content (AvgIpc) is 2.46. The van der Waals surface area contributed by atoms with E-state index in [1.165, 1.54) is 0 Å². The molecule has 104 valence electrons. The summed E-state index contributed by atoms with van der Waals surface area (Å²) >= 11 is 0. The van der Waals surface area contributed by atoms with Gasteiger partial charge in [0.15, 0.2) is 0 Å². The molecule has 1 aromatic carbocycles. The number of carbonyl (C=O) groups excluding carboxylic acids is 1. The molecule has 0 spiro atoms. The number of benzene rings is 1. The first-order valence-corrected chi connectivity index (χ1v) is 6.70. The Labute approximate surface area is 114 Å². The molecule has 1 saturated heterocycles. The standard InChI is InChI=1S/C15H21NO3/c1-11-3-4-14(19-2)13(9-11)15(18)16-7-5-12(10-17)6-8-16/h3-4,9,12,17H,5-8,10H2,1-2H3. The summed E-state index contributed by atoms with van der Waals surface area (Å²) in [4.78, 5) is 14.4. The van der Waals surface area contributed by atoms with Crippen LogP contribution in [0, 0.1) is 12.8 Å². The molecular weight excluding hydrogens is 242 g/mol. The lowest BCUT2D eigenvalue weighted by molar-refractivity contribution is 0.0647. The minimum absolute atomic E-state index is 0.0249. The molecule has 2 rings (SSSR count). The number of methoxy groups -OCH3 is 1. The fourth-order valence-corrected chi connectivity index (χ4v) is 2.48. The summed E-state index contributed by atoms with van der Waals surface area (Å²) in [6, 6.07) is 5.65. The molecule has 4 nitrogen and oxygen atoms in total. The number of nitrogens with zero attached hydrogens (tertiary/aromatic N) is 1. The number of amides is 1. The predicted molar refractivity (Wildman–Crippen MR) is 73.4 cm³/mol. The number of aliphatic hydroxyl groups excluding tert-OH is 1. The van der Waals surface area contributed by atoms with Crippen molar-refractivity contribution >= 4 is 5.91 Å². The third kappa shape index (κ3) is 3.07. The van der Waals surface area contributed by atoms with E-state index in [1.807, 2.05) is 30.0 Å². The van der Waals surface area contributed by atoms with Gasteiger partial charge in [0.25, 0.3) is 5.91 Å². The molecule has 4 heteroatoms. The van der Waals surface area contributed by atoms with Gasteiger partial charge in [-0.1, -0.05) is 11.6 Å². The van der Waals surface area contributed by atoms with Gasteiger partial charge in [-0.25, -0.2) is 0 Å². The summed E-state index contributed by atoms with van der Waals surface area (Å²) in [5, 5.41) is 9.13. The second-order valence-corrected chi connectivity index (χ2v) is 5.12. The number of piperidine rings is 1. The third-order valence-corrected chi connectivity index (χ3v) is 3.75. The fraction of sp³-hybridized carbons (Fsp3) is 0.533. The maximum absolute atomic E-state index is 12.5. The SMILES string of the molecule is COc1ccc(C)cc1C(=O)N1CCC(CO)CC1. The van der Waals surface area contributed by atoms with Crippen LogP contribution in [0.25, 0.3) is 0 Å². The van der Waals surface area contributed by atoms with E-state index in [-0.39, 0.29) is 12.5 Å². The number of aliphatic hydroxyl groups is 1. The molecule has 0 atom stereocenters. The van der Waals surface area contributed by atoms with E-state index in [9.17, 15) is 4.79 Å². The summed E-state index contributed by atoms with van der Waals surface area (Å²) in [7, 11) is 1.58. The molecule has 0 aromatic heterocycles. The first-order chi connectivity index (χ1) is 9.15. The zero-order valence-electron chi connectivity index (χ0n) is 11.6. The van der Waals surface area contributed by atoms with Crippen LogP contribution in [0.4, 0.5) is 0 Å². The number of likely N-dealkylation sites (tertiary alicyclic amines) is 1. The van der Waals surface area contributed by atoms with E-state index in [0.717, 1.165) is 18.4 Å². The molecule has 0 unspecified atom stereocenters. The number of rotatable bonds is 3. The average molecular weight is 263 g/mol. The van der Waals surface area contributed by atoms with E-state index in [2.05, 4.69) is 0 Å². The first kappa shape index (κ1) is 13.9.